The van der Waals surface area contributed by atoms with Crippen LogP contribution in [0.25, 0.3) is 10.7 Å². The second-order valence-corrected chi connectivity index (χ2v) is 6.94. The summed E-state index contributed by atoms with van der Waals surface area (Å²) in [5, 5.41) is 4.08. The molecule has 0 aromatic carbocycles. The predicted octanol–water partition coefficient (Wildman–Crippen LogP) is 4.04. The lowest BCUT2D eigenvalue weighted by Gasteiger charge is -2.08. The van der Waals surface area contributed by atoms with Crippen molar-refractivity contribution < 1.29 is 4.39 Å². The maximum absolute atomic E-state index is 13.9. The van der Waals surface area contributed by atoms with E-state index in [1.807, 2.05) is 0 Å². The fourth-order valence-corrected chi connectivity index (χ4v) is 3.05. The third-order valence-corrected chi connectivity index (χ3v) is 4.12. The van der Waals surface area contributed by atoms with Gasteiger partial charge in [0.05, 0.1) is 5.69 Å². The second-order valence-electron chi connectivity index (χ2n) is 5.86. The zero-order chi connectivity index (χ0) is 15.4. The molecule has 0 aliphatic rings. The average Bonchev–Trinajstić information content (AvgIpc) is 2.79. The van der Waals surface area contributed by atoms with Gasteiger partial charge in [-0.3, -0.25) is 4.98 Å². The number of halogens is 1. The molecule has 0 saturated heterocycles. The van der Waals surface area contributed by atoms with Crippen LogP contribution in [0.4, 0.5) is 4.39 Å². The van der Waals surface area contributed by atoms with Crippen molar-refractivity contribution in [1.82, 2.24) is 15.3 Å². The van der Waals surface area contributed by atoms with E-state index in [0.29, 0.717) is 22.7 Å². The maximum atomic E-state index is 13.9. The quantitative estimate of drug-likeness (QED) is 0.875. The summed E-state index contributed by atoms with van der Waals surface area (Å²) in [6.07, 6.45) is 2.51. The maximum Gasteiger partial charge on any atom is 0.151 e. The van der Waals surface area contributed by atoms with E-state index in [-0.39, 0.29) is 5.82 Å². The van der Waals surface area contributed by atoms with Crippen LogP contribution in [-0.2, 0) is 13.0 Å². The number of hydrogen-bond acceptors (Lipinski definition) is 4. The lowest BCUT2D eigenvalue weighted by molar-refractivity contribution is 0.581. The van der Waals surface area contributed by atoms with Crippen LogP contribution in [0.5, 0.6) is 0 Å². The topological polar surface area (TPSA) is 37.8 Å². The van der Waals surface area contributed by atoms with Gasteiger partial charge < -0.3 is 5.32 Å². The highest BCUT2D eigenvalue weighted by Crippen LogP contribution is 2.29. The van der Waals surface area contributed by atoms with Crippen LogP contribution in [0.15, 0.2) is 18.3 Å². The molecule has 21 heavy (non-hydrogen) atoms. The van der Waals surface area contributed by atoms with Crippen LogP contribution in [0, 0.1) is 11.7 Å². The molecule has 0 unspecified atom stereocenters. The summed E-state index contributed by atoms with van der Waals surface area (Å²) in [7, 11) is 0. The number of thiazole rings is 1. The molecule has 2 aromatic heterocycles. The molecule has 0 aliphatic carbocycles. The van der Waals surface area contributed by atoms with Gasteiger partial charge in [0.1, 0.15) is 10.7 Å². The summed E-state index contributed by atoms with van der Waals surface area (Å²) in [4.78, 5) is 9.94. The van der Waals surface area contributed by atoms with E-state index >= 15 is 0 Å². The van der Waals surface area contributed by atoms with Crippen LogP contribution in [0.3, 0.4) is 0 Å². The zero-order valence-corrected chi connectivity index (χ0v) is 13.8. The van der Waals surface area contributed by atoms with Crippen molar-refractivity contribution in [2.75, 3.05) is 0 Å². The Morgan fingerprint density at radius 3 is 2.67 bits per heavy atom. The Morgan fingerprint density at radius 2 is 2.05 bits per heavy atom. The molecule has 2 rings (SSSR count). The summed E-state index contributed by atoms with van der Waals surface area (Å²) in [5.74, 6) is 0.206. The predicted molar refractivity (Wildman–Crippen MR) is 85.8 cm³/mol. The molecule has 3 nitrogen and oxygen atoms in total. The molecule has 0 fully saturated rings. The van der Waals surface area contributed by atoms with Gasteiger partial charge in [0.25, 0.3) is 0 Å². The van der Waals surface area contributed by atoms with Crippen LogP contribution in [-0.4, -0.2) is 16.0 Å². The standard InChI is InChI=1S/C16H22FN3S/c1-10(2)8-13-14(9-19-11(3)4)21-16(20-13)15-12(17)6-5-7-18-15/h5-7,10-11,19H,8-9H2,1-4H3. The largest absolute Gasteiger partial charge is 0.310 e. The smallest absolute Gasteiger partial charge is 0.151 e. The first kappa shape index (κ1) is 16.0. The van der Waals surface area contributed by atoms with Crippen LogP contribution < -0.4 is 5.32 Å². The fourth-order valence-electron chi connectivity index (χ4n) is 2.01. The van der Waals surface area contributed by atoms with Gasteiger partial charge in [-0.05, 0) is 24.5 Å². The lowest BCUT2D eigenvalue weighted by Crippen LogP contribution is -2.22. The highest BCUT2D eigenvalue weighted by Gasteiger charge is 2.17. The van der Waals surface area contributed by atoms with Gasteiger partial charge in [0.2, 0.25) is 0 Å². The minimum absolute atomic E-state index is 0.314. The molecule has 1 N–H and O–H groups in total. The van der Waals surface area contributed by atoms with E-state index in [1.165, 1.54) is 22.3 Å². The third-order valence-electron chi connectivity index (χ3n) is 3.01. The number of nitrogens with zero attached hydrogens (tertiary/aromatic N) is 2. The Hall–Kier alpha value is -1.33. The first-order chi connectivity index (χ1) is 9.97. The average molecular weight is 307 g/mol. The molecule has 0 aliphatic heterocycles. The number of rotatable bonds is 6. The Balaban J connectivity index is 2.33. The zero-order valence-electron chi connectivity index (χ0n) is 13.0. The molecule has 0 bridgehead atoms. The molecular weight excluding hydrogens is 285 g/mol. The summed E-state index contributed by atoms with van der Waals surface area (Å²) >= 11 is 1.53. The van der Waals surface area contributed by atoms with Gasteiger partial charge in [-0.2, -0.15) is 0 Å². The third kappa shape index (κ3) is 4.32. The van der Waals surface area contributed by atoms with Gasteiger partial charge >= 0.3 is 0 Å². The lowest BCUT2D eigenvalue weighted by atomic mass is 10.1. The highest BCUT2D eigenvalue weighted by atomic mass is 32.1. The van der Waals surface area contributed by atoms with Crippen LogP contribution in [0.1, 0.15) is 38.3 Å². The highest BCUT2D eigenvalue weighted by molar-refractivity contribution is 7.15. The number of hydrogen-bond donors (Lipinski definition) is 1. The first-order valence-electron chi connectivity index (χ1n) is 7.30. The molecule has 0 atom stereocenters. The van der Waals surface area contributed by atoms with Gasteiger partial charge in [-0.25, -0.2) is 9.37 Å². The van der Waals surface area contributed by atoms with E-state index in [0.717, 1.165) is 18.7 Å². The van der Waals surface area contributed by atoms with E-state index < -0.39 is 0 Å². The summed E-state index contributed by atoms with van der Waals surface area (Å²) in [6, 6.07) is 3.44. The normalized spacial score (nSPS) is 11.6. The van der Waals surface area contributed by atoms with Crippen molar-refractivity contribution >= 4 is 11.3 Å². The Kier molecular flexibility index (Phi) is 5.42. The number of aromatic nitrogens is 2. The van der Waals surface area contributed by atoms with E-state index in [1.54, 1.807) is 12.3 Å². The molecular formula is C16H22FN3S. The van der Waals surface area contributed by atoms with Crippen molar-refractivity contribution in [3.8, 4) is 10.7 Å². The molecule has 2 heterocycles. The van der Waals surface area contributed by atoms with Crippen molar-refractivity contribution in [3.05, 3.63) is 34.7 Å². The molecule has 2 aromatic rings. The van der Waals surface area contributed by atoms with Gasteiger partial charge in [0, 0.05) is 23.7 Å². The number of pyridine rings is 1. The SMILES string of the molecule is CC(C)Cc1nc(-c2ncccc2F)sc1CNC(C)C. The number of nitrogens with one attached hydrogen (secondary N) is 1. The van der Waals surface area contributed by atoms with Crippen LogP contribution >= 0.6 is 11.3 Å². The summed E-state index contributed by atoms with van der Waals surface area (Å²) < 4.78 is 13.9. The van der Waals surface area contributed by atoms with Crippen molar-refractivity contribution in [3.63, 3.8) is 0 Å². The first-order valence-corrected chi connectivity index (χ1v) is 8.12. The van der Waals surface area contributed by atoms with Gasteiger partial charge in [-0.15, -0.1) is 11.3 Å². The molecule has 0 radical (unpaired) electrons. The Labute approximate surface area is 129 Å². The van der Waals surface area contributed by atoms with Crippen molar-refractivity contribution in [2.45, 2.75) is 46.7 Å². The van der Waals surface area contributed by atoms with E-state index in [2.05, 4.69) is 43.0 Å². The molecule has 0 amide bonds. The molecule has 114 valence electrons. The minimum atomic E-state index is -0.314. The minimum Gasteiger partial charge on any atom is -0.310 e. The molecule has 0 spiro atoms. The van der Waals surface area contributed by atoms with Gasteiger partial charge in [-0.1, -0.05) is 27.7 Å². The van der Waals surface area contributed by atoms with E-state index in [4.69, 9.17) is 0 Å². The Morgan fingerprint density at radius 1 is 1.29 bits per heavy atom. The monoisotopic (exact) mass is 307 g/mol. The molecule has 5 heteroatoms. The van der Waals surface area contributed by atoms with Crippen molar-refractivity contribution in [1.29, 1.82) is 0 Å². The van der Waals surface area contributed by atoms with E-state index in [9.17, 15) is 4.39 Å². The Bertz CT molecular complexity index is 593. The summed E-state index contributed by atoms with van der Waals surface area (Å²) in [6.45, 7) is 9.33. The summed E-state index contributed by atoms with van der Waals surface area (Å²) in [5.41, 5.74) is 1.41. The second kappa shape index (κ2) is 7.09. The fraction of sp³-hybridized carbons (Fsp3) is 0.500. The van der Waals surface area contributed by atoms with Crippen molar-refractivity contribution in [2.24, 2.45) is 5.92 Å². The van der Waals surface area contributed by atoms with Gasteiger partial charge in [0.15, 0.2) is 5.82 Å². The van der Waals surface area contributed by atoms with Crippen LogP contribution in [0.2, 0.25) is 0 Å². The molecule has 0 saturated carbocycles.